The first-order valence-electron chi connectivity index (χ1n) is 20.9. The van der Waals surface area contributed by atoms with Crippen molar-refractivity contribution in [3.8, 4) is 23.0 Å². The molecule has 1 amide bonds. The molecule has 18 nitrogen and oxygen atoms in total. The molecule has 0 spiro atoms. The number of benzene rings is 8. The summed E-state index contributed by atoms with van der Waals surface area (Å²) in [6.45, 7) is 3.01. The van der Waals surface area contributed by atoms with Gasteiger partial charge in [0.25, 0.3) is 26.1 Å². The first-order chi connectivity index (χ1) is 34.2. The molecule has 0 aliphatic rings. The van der Waals surface area contributed by atoms with Crippen LogP contribution in [-0.2, 0) is 20.2 Å². The number of azo groups is 2. The second kappa shape index (κ2) is 23.4. The normalized spacial score (nSPS) is 11.9. The van der Waals surface area contributed by atoms with Crippen LogP contribution in [0.5, 0.6) is 23.0 Å². The molecule has 8 aromatic carbocycles. The third-order valence-corrected chi connectivity index (χ3v) is 13.8. The number of nitrogens with one attached hydrogen (secondary N) is 1. The van der Waals surface area contributed by atoms with Gasteiger partial charge in [-0.05, 0) is 108 Å². The van der Waals surface area contributed by atoms with Gasteiger partial charge in [-0.25, -0.2) is 0 Å². The summed E-state index contributed by atoms with van der Waals surface area (Å²) in [6.07, 6.45) is 0. The van der Waals surface area contributed by atoms with Crippen LogP contribution in [0.3, 0.4) is 0 Å². The molecule has 0 unspecified atom stereocenters. The molecular formula is C50H38CaCl2N6O12S2. The first kappa shape index (κ1) is 55.6. The number of fused-ring (bicyclic) bond motifs is 2. The predicted octanol–water partition coefficient (Wildman–Crippen LogP) is 11.0. The number of carbonyl (C=O) groups excluding carboxylic acids is 1. The molecule has 0 saturated heterocycles. The fraction of sp³-hybridized carbons (Fsp3) is 0.0800. The quantitative estimate of drug-likeness (QED) is 0.0292. The molecule has 0 aliphatic heterocycles. The maximum absolute atomic E-state index is 13.3. The van der Waals surface area contributed by atoms with Gasteiger partial charge in [0.15, 0.2) is 5.75 Å². The van der Waals surface area contributed by atoms with Crippen molar-refractivity contribution in [2.24, 2.45) is 25.4 Å². The number of carbonyl (C=O) groups is 1. The zero-order valence-corrected chi connectivity index (χ0v) is 44.1. The summed E-state index contributed by atoms with van der Waals surface area (Å²) >= 11 is 12.2. The number of para-hydroxylation sites is 4. The van der Waals surface area contributed by atoms with E-state index in [-0.39, 0.29) is 98.5 Å². The molecule has 8 rings (SSSR count). The molecule has 8 aromatic rings. The monoisotopic (exact) mass is 1090 g/mol. The van der Waals surface area contributed by atoms with Crippen LogP contribution in [0.15, 0.2) is 169 Å². The smallest absolute Gasteiger partial charge is 0.871 e. The fourth-order valence-corrected chi connectivity index (χ4v) is 9.26. The number of phenolic OH excluding ortho intramolecular Hbond substituents is 1. The molecule has 0 aromatic heterocycles. The summed E-state index contributed by atoms with van der Waals surface area (Å²) < 4.78 is 75.1. The number of amides is 1. The number of nitrogens with zero attached hydrogens (tertiary/aromatic N) is 5. The Bertz CT molecular complexity index is 3790. The molecule has 23 heteroatoms. The van der Waals surface area contributed by atoms with E-state index in [1.54, 1.807) is 97.1 Å². The van der Waals surface area contributed by atoms with Crippen LogP contribution < -0.4 is 25.0 Å². The van der Waals surface area contributed by atoms with Gasteiger partial charge in [0.1, 0.15) is 32.7 Å². The summed E-state index contributed by atoms with van der Waals surface area (Å²) in [5.41, 5.74) is 1.25. The second-order valence-electron chi connectivity index (χ2n) is 15.3. The zero-order chi connectivity index (χ0) is 52.1. The van der Waals surface area contributed by atoms with E-state index in [4.69, 9.17) is 32.7 Å². The Balaban J connectivity index is 0.000000235. The molecule has 0 saturated carbocycles. The number of aliphatic imine (C=N–C) groups is 1. The van der Waals surface area contributed by atoms with E-state index in [9.17, 15) is 46.1 Å². The van der Waals surface area contributed by atoms with Crippen molar-refractivity contribution in [1.82, 2.24) is 0 Å². The number of phenols is 1. The van der Waals surface area contributed by atoms with Crippen LogP contribution >= 0.6 is 23.2 Å². The summed E-state index contributed by atoms with van der Waals surface area (Å²) in [5.74, 6) is -1.62. The van der Waals surface area contributed by atoms with Gasteiger partial charge >= 0.3 is 37.7 Å². The standard InChI is InChI=1S/2C25H20ClN3O6S.Ca/c2*1-14-18(11-12-21(22(14)26)36(32,33)34)28-29-23-16-8-4-3-7-15(16)13-17(24(23)30)25(31)27-19-9-5-6-10-20(19)35-2;/h2*3-13,30H,1-2H3,(H,27,31)(H,32,33,34);/q;;+2/p-2. The zero-order valence-electron chi connectivity index (χ0n) is 38.7. The SMILES string of the molecule is COc1ccccc1N=C([O-])c1cc2ccccc2c(N=Nc2ccc(S(=O)(=O)O)c(Cl)c2C)c1[O-].COc1ccccc1NC(=O)c1cc2ccccc2c(N=Nc2ccc(S(=O)(=O)O)c(Cl)c2C)c1O.[Ca+2]. The van der Waals surface area contributed by atoms with Gasteiger partial charge in [-0.15, -0.1) is 5.11 Å². The number of aromatic hydroxyl groups is 1. The summed E-state index contributed by atoms with van der Waals surface area (Å²) in [7, 11) is -6.12. The van der Waals surface area contributed by atoms with Crippen molar-refractivity contribution in [3.05, 3.63) is 166 Å². The van der Waals surface area contributed by atoms with Crippen molar-refractivity contribution < 1.29 is 55.5 Å². The third-order valence-electron chi connectivity index (χ3n) is 10.8. The Hall–Kier alpha value is -6.72. The first-order valence-corrected chi connectivity index (χ1v) is 24.5. The van der Waals surface area contributed by atoms with Crippen molar-refractivity contribution in [2.45, 2.75) is 23.6 Å². The molecule has 0 aliphatic carbocycles. The van der Waals surface area contributed by atoms with E-state index in [0.717, 1.165) is 12.1 Å². The Morgan fingerprint density at radius 2 is 1.05 bits per heavy atom. The van der Waals surface area contributed by atoms with E-state index in [1.165, 1.54) is 52.3 Å². The number of anilines is 1. The predicted molar refractivity (Wildman–Crippen MR) is 275 cm³/mol. The van der Waals surface area contributed by atoms with Crippen LogP contribution in [0.1, 0.15) is 27.0 Å². The topological polar surface area (TPSA) is 284 Å². The van der Waals surface area contributed by atoms with Gasteiger partial charge in [-0.2, -0.15) is 32.2 Å². The number of hydrogen-bond donors (Lipinski definition) is 4. The molecule has 73 heavy (non-hydrogen) atoms. The minimum atomic E-state index is -4.53. The molecule has 0 bridgehead atoms. The molecule has 368 valence electrons. The molecule has 0 radical (unpaired) electrons. The van der Waals surface area contributed by atoms with Gasteiger partial charge in [0.2, 0.25) is 0 Å². The van der Waals surface area contributed by atoms with Crippen LogP contribution in [0, 0.1) is 13.8 Å². The van der Waals surface area contributed by atoms with Crippen LogP contribution in [0.25, 0.3) is 21.5 Å². The van der Waals surface area contributed by atoms with Crippen LogP contribution in [0.4, 0.5) is 34.1 Å². The van der Waals surface area contributed by atoms with E-state index in [0.29, 0.717) is 38.7 Å². The van der Waals surface area contributed by atoms with Gasteiger partial charge in [0.05, 0.1) is 52.6 Å². The maximum atomic E-state index is 13.3. The second-order valence-corrected chi connectivity index (χ2v) is 18.8. The van der Waals surface area contributed by atoms with Crippen molar-refractivity contribution >= 4 is 149 Å². The Labute approximate surface area is 457 Å². The van der Waals surface area contributed by atoms with Crippen LogP contribution in [-0.4, -0.2) is 94.8 Å². The summed E-state index contributed by atoms with van der Waals surface area (Å²) in [6, 6.07) is 35.1. The maximum Gasteiger partial charge on any atom is 2.00 e. The summed E-state index contributed by atoms with van der Waals surface area (Å²) in [5, 5.41) is 58.4. The van der Waals surface area contributed by atoms with Gasteiger partial charge in [0, 0.05) is 10.8 Å². The van der Waals surface area contributed by atoms with Crippen molar-refractivity contribution in [1.29, 1.82) is 0 Å². The Kier molecular flexibility index (Phi) is 17.8. The molecule has 0 heterocycles. The van der Waals surface area contributed by atoms with Crippen LogP contribution in [0.2, 0.25) is 10.0 Å². The molecular weight excluding hydrogens is 1050 g/mol. The van der Waals surface area contributed by atoms with Gasteiger partial charge in [-0.3, -0.25) is 18.9 Å². The average molecular weight is 1090 g/mol. The molecule has 0 atom stereocenters. The van der Waals surface area contributed by atoms with E-state index in [2.05, 4.69) is 30.8 Å². The van der Waals surface area contributed by atoms with Crippen molar-refractivity contribution in [3.63, 3.8) is 0 Å². The Morgan fingerprint density at radius 3 is 1.59 bits per heavy atom. The molecule has 4 N–H and O–H groups in total. The number of rotatable bonds is 12. The van der Waals surface area contributed by atoms with E-state index < -0.39 is 53.3 Å². The Morgan fingerprint density at radius 1 is 0.603 bits per heavy atom. The third kappa shape index (κ3) is 12.4. The number of halogens is 2. The average Bonchev–Trinajstić information content (AvgIpc) is 3.35. The van der Waals surface area contributed by atoms with Crippen molar-refractivity contribution in [2.75, 3.05) is 19.5 Å². The summed E-state index contributed by atoms with van der Waals surface area (Å²) in [4.78, 5) is 16.2. The number of methoxy groups -OCH3 is 2. The number of ether oxygens (including phenoxy) is 2. The minimum absolute atomic E-state index is 0. The fourth-order valence-electron chi connectivity index (χ4n) is 7.11. The van der Waals surface area contributed by atoms with E-state index >= 15 is 0 Å². The minimum Gasteiger partial charge on any atom is -0.871 e. The number of hydrogen-bond acceptors (Lipinski definition) is 15. The molecule has 0 fully saturated rings. The van der Waals surface area contributed by atoms with Gasteiger partial charge in [-0.1, -0.05) is 102 Å². The van der Waals surface area contributed by atoms with Gasteiger partial charge < -0.3 is 30.1 Å². The van der Waals surface area contributed by atoms with E-state index in [1.807, 2.05) is 0 Å². The largest absolute Gasteiger partial charge is 2.00 e.